The van der Waals surface area contributed by atoms with E-state index in [-0.39, 0.29) is 32.0 Å². The van der Waals surface area contributed by atoms with Gasteiger partial charge in [-0.25, -0.2) is 0 Å². The molecule has 0 saturated heterocycles. The van der Waals surface area contributed by atoms with E-state index in [1.165, 1.54) is 205 Å². The van der Waals surface area contributed by atoms with Crippen molar-refractivity contribution >= 4 is 19.8 Å². The Kier molecular flexibility index (Phi) is 44.5. The largest absolute Gasteiger partial charge is 0.756 e. The zero-order valence-corrected chi connectivity index (χ0v) is 42.7. The van der Waals surface area contributed by atoms with Gasteiger partial charge >= 0.3 is 11.9 Å². The van der Waals surface area contributed by atoms with E-state index in [0.29, 0.717) is 17.4 Å². The molecule has 0 N–H and O–H groups in total. The van der Waals surface area contributed by atoms with Crippen LogP contribution < -0.4 is 4.89 Å². The Balaban J connectivity index is 4.07. The summed E-state index contributed by atoms with van der Waals surface area (Å²) in [5.41, 5.74) is 0. The van der Waals surface area contributed by atoms with Crippen LogP contribution in [0.1, 0.15) is 271 Å². The number of phosphoric ester groups is 1. The lowest BCUT2D eigenvalue weighted by Gasteiger charge is -2.28. The van der Waals surface area contributed by atoms with Gasteiger partial charge in [0.1, 0.15) is 19.8 Å². The number of carbonyl (C=O) groups excluding carboxylic acids is 2. The molecule has 0 aliphatic rings. The van der Waals surface area contributed by atoms with Crippen LogP contribution >= 0.6 is 7.82 Å². The lowest BCUT2D eigenvalue weighted by Crippen LogP contribution is -2.37. The molecule has 0 aromatic rings. The van der Waals surface area contributed by atoms with Gasteiger partial charge in [-0.2, -0.15) is 0 Å². The highest BCUT2D eigenvalue weighted by molar-refractivity contribution is 7.45. The van der Waals surface area contributed by atoms with Crippen molar-refractivity contribution in [1.29, 1.82) is 0 Å². The Morgan fingerprint density at radius 2 is 0.726 bits per heavy atom. The third-order valence-electron chi connectivity index (χ3n) is 12.1. The van der Waals surface area contributed by atoms with Gasteiger partial charge in [-0.05, 0) is 12.8 Å². The molecule has 0 saturated carbocycles. The second-order valence-corrected chi connectivity index (χ2v) is 21.0. The molecule has 10 heteroatoms. The van der Waals surface area contributed by atoms with Gasteiger partial charge < -0.3 is 27.9 Å². The number of phosphoric acid groups is 1. The molecule has 0 radical (unpaired) electrons. The number of quaternary nitrogens is 1. The van der Waals surface area contributed by atoms with Crippen molar-refractivity contribution in [3.05, 3.63) is 0 Å². The average Bonchev–Trinajstić information content (AvgIpc) is 3.23. The second-order valence-electron chi connectivity index (χ2n) is 19.6. The van der Waals surface area contributed by atoms with E-state index in [1.54, 1.807) is 0 Å². The molecule has 370 valence electrons. The molecular weight excluding hydrogens is 798 g/mol. The fourth-order valence-corrected chi connectivity index (χ4v) is 8.68. The molecule has 0 bridgehead atoms. The summed E-state index contributed by atoms with van der Waals surface area (Å²) in [4.78, 5) is 37.7. The van der Waals surface area contributed by atoms with Crippen LogP contribution in [0.5, 0.6) is 0 Å². The van der Waals surface area contributed by atoms with E-state index < -0.39 is 26.5 Å². The standard InChI is InChI=1S/C52H104NO8P/c1-6-8-10-12-14-16-18-20-21-22-23-24-25-26-27-28-29-30-31-32-33-35-37-39-41-43-45-52(55)61-50(49-60-62(56,57)59-47-46-53(3,4)5)48-58-51(54)44-42-40-38-36-34-19-17-15-13-11-9-7-2/h50H,6-49H2,1-5H3. The van der Waals surface area contributed by atoms with E-state index in [0.717, 1.165) is 32.1 Å². The van der Waals surface area contributed by atoms with Crippen LogP contribution in [-0.2, 0) is 32.7 Å². The topological polar surface area (TPSA) is 111 Å². The van der Waals surface area contributed by atoms with Gasteiger partial charge in [-0.15, -0.1) is 0 Å². The van der Waals surface area contributed by atoms with Gasteiger partial charge in [0, 0.05) is 12.8 Å². The summed E-state index contributed by atoms with van der Waals surface area (Å²) in [7, 11) is 1.19. The summed E-state index contributed by atoms with van der Waals surface area (Å²) in [5, 5.41) is 0. The van der Waals surface area contributed by atoms with Crippen LogP contribution in [0.25, 0.3) is 0 Å². The highest BCUT2D eigenvalue weighted by atomic mass is 31.2. The highest BCUT2D eigenvalue weighted by Crippen LogP contribution is 2.38. The third-order valence-corrected chi connectivity index (χ3v) is 13.1. The molecule has 0 rings (SSSR count). The van der Waals surface area contributed by atoms with E-state index in [9.17, 15) is 19.0 Å². The van der Waals surface area contributed by atoms with Crippen LogP contribution in [0.3, 0.4) is 0 Å². The minimum atomic E-state index is -4.62. The monoisotopic (exact) mass is 902 g/mol. The zero-order chi connectivity index (χ0) is 45.7. The minimum Gasteiger partial charge on any atom is -0.756 e. The molecule has 0 aliphatic heterocycles. The number of hydrogen-bond donors (Lipinski definition) is 0. The number of nitrogens with zero attached hydrogens (tertiary/aromatic N) is 1. The fourth-order valence-electron chi connectivity index (χ4n) is 7.95. The number of hydrogen-bond acceptors (Lipinski definition) is 8. The van der Waals surface area contributed by atoms with Gasteiger partial charge in [0.15, 0.2) is 6.10 Å². The van der Waals surface area contributed by atoms with Crippen molar-refractivity contribution < 1.29 is 42.1 Å². The number of esters is 2. The normalized spacial score (nSPS) is 13.3. The Bertz CT molecular complexity index is 1020. The molecule has 2 atom stereocenters. The van der Waals surface area contributed by atoms with Crippen LogP contribution in [0.2, 0.25) is 0 Å². The third kappa shape index (κ3) is 48.5. The molecule has 0 heterocycles. The fraction of sp³-hybridized carbons (Fsp3) is 0.962. The van der Waals surface area contributed by atoms with Crippen LogP contribution in [0, 0.1) is 0 Å². The lowest BCUT2D eigenvalue weighted by molar-refractivity contribution is -0.870. The molecular formula is C52H104NO8P. The number of likely N-dealkylation sites (N-methyl/N-ethyl adjacent to an activating group) is 1. The Hall–Kier alpha value is -0.990. The first-order valence-corrected chi connectivity index (χ1v) is 28.2. The van der Waals surface area contributed by atoms with Crippen molar-refractivity contribution in [2.45, 2.75) is 277 Å². The Labute approximate surface area is 384 Å². The van der Waals surface area contributed by atoms with Crippen molar-refractivity contribution in [3.8, 4) is 0 Å². The first kappa shape index (κ1) is 61.0. The second kappa shape index (κ2) is 45.2. The first-order valence-electron chi connectivity index (χ1n) is 26.7. The molecule has 0 fully saturated rings. The van der Waals surface area contributed by atoms with Gasteiger partial charge in [-0.3, -0.25) is 14.2 Å². The summed E-state index contributed by atoms with van der Waals surface area (Å²) < 4.78 is 34.0. The Morgan fingerprint density at radius 1 is 0.435 bits per heavy atom. The van der Waals surface area contributed by atoms with Crippen molar-refractivity contribution in [3.63, 3.8) is 0 Å². The van der Waals surface area contributed by atoms with E-state index in [1.807, 2.05) is 21.1 Å². The number of carbonyl (C=O) groups is 2. The van der Waals surface area contributed by atoms with Crippen LogP contribution in [0.4, 0.5) is 0 Å². The molecule has 0 aromatic carbocycles. The summed E-state index contributed by atoms with van der Waals surface area (Å²) >= 11 is 0. The molecule has 9 nitrogen and oxygen atoms in total. The van der Waals surface area contributed by atoms with Gasteiger partial charge in [-0.1, -0.05) is 245 Å². The van der Waals surface area contributed by atoms with E-state index in [4.69, 9.17) is 18.5 Å². The average molecular weight is 902 g/mol. The maximum atomic E-state index is 12.7. The molecule has 0 aliphatic carbocycles. The maximum absolute atomic E-state index is 12.7. The molecule has 0 spiro atoms. The van der Waals surface area contributed by atoms with Crippen molar-refractivity contribution in [1.82, 2.24) is 0 Å². The quantitative estimate of drug-likeness (QED) is 0.0257. The van der Waals surface area contributed by atoms with Crippen LogP contribution in [-0.4, -0.2) is 70.0 Å². The van der Waals surface area contributed by atoms with Gasteiger partial charge in [0.2, 0.25) is 0 Å². The van der Waals surface area contributed by atoms with E-state index >= 15 is 0 Å². The van der Waals surface area contributed by atoms with Crippen molar-refractivity contribution in [2.24, 2.45) is 0 Å². The molecule has 2 unspecified atom stereocenters. The predicted octanol–water partition coefficient (Wildman–Crippen LogP) is 15.3. The summed E-state index contributed by atoms with van der Waals surface area (Å²) in [6.07, 6.45) is 48.6. The highest BCUT2D eigenvalue weighted by Gasteiger charge is 2.21. The molecule has 62 heavy (non-hydrogen) atoms. The van der Waals surface area contributed by atoms with Crippen molar-refractivity contribution in [2.75, 3.05) is 47.5 Å². The first-order chi connectivity index (χ1) is 30.0. The zero-order valence-electron chi connectivity index (χ0n) is 41.9. The maximum Gasteiger partial charge on any atom is 0.306 e. The van der Waals surface area contributed by atoms with Gasteiger partial charge in [0.25, 0.3) is 7.82 Å². The predicted molar refractivity (Wildman–Crippen MR) is 259 cm³/mol. The molecule has 0 aromatic heterocycles. The van der Waals surface area contributed by atoms with E-state index in [2.05, 4.69) is 13.8 Å². The summed E-state index contributed by atoms with van der Waals surface area (Å²) in [5.74, 6) is -0.815. The molecule has 0 amide bonds. The summed E-state index contributed by atoms with van der Waals surface area (Å²) in [6.45, 7) is 4.28. The number of unbranched alkanes of at least 4 members (excludes halogenated alkanes) is 36. The SMILES string of the molecule is CCCCCCCCCCCCCCCCCCCCCCCCCCCCC(=O)OC(COC(=O)CCCCCCCCCCCCCC)COP(=O)([O-])OCC[N+](C)(C)C. The summed E-state index contributed by atoms with van der Waals surface area (Å²) in [6, 6.07) is 0. The van der Waals surface area contributed by atoms with Gasteiger partial charge in [0.05, 0.1) is 27.7 Å². The minimum absolute atomic E-state index is 0.0254. The Morgan fingerprint density at radius 3 is 1.03 bits per heavy atom. The lowest BCUT2D eigenvalue weighted by atomic mass is 10.0. The van der Waals surface area contributed by atoms with Crippen LogP contribution in [0.15, 0.2) is 0 Å². The number of rotatable bonds is 50. The number of ether oxygens (including phenoxy) is 2. The smallest absolute Gasteiger partial charge is 0.306 e.